The number of rotatable bonds is 3. The molecule has 2 aliphatic carbocycles. The lowest BCUT2D eigenvalue weighted by Crippen LogP contribution is -2.56. The summed E-state index contributed by atoms with van der Waals surface area (Å²) in [6, 6.07) is 0. The highest BCUT2D eigenvalue weighted by Crippen LogP contribution is 2.56. The fourth-order valence-corrected chi connectivity index (χ4v) is 5.88. The third-order valence-corrected chi connectivity index (χ3v) is 7.92. The summed E-state index contributed by atoms with van der Waals surface area (Å²) >= 11 is 0. The average Bonchev–Trinajstić information content (AvgIpc) is 3.00. The Hall–Kier alpha value is -1.60. The number of hydrogen-bond donors (Lipinski definition) is 1. The van der Waals surface area contributed by atoms with E-state index in [-0.39, 0.29) is 35.4 Å². The molecule has 7 heteroatoms. The van der Waals surface area contributed by atoms with Crippen molar-refractivity contribution in [2.45, 2.75) is 52.2 Å². The first-order valence-electron chi connectivity index (χ1n) is 11.1. The standard InChI is InChI=1S/C22H34N2O5/c1-4-28-21(27)24-10-8-23(9-11-24)13-16-18-17(29-20(16)26)12-15-7-5-6-14(2)22(15,3)19(18)25/h7,14,16-19,25H,4-6,8-13H2,1-3H3/t14-,16-,17-,18+,19-,22-/m0/s1. The van der Waals surface area contributed by atoms with E-state index in [9.17, 15) is 14.7 Å². The van der Waals surface area contributed by atoms with Crippen LogP contribution in [0.1, 0.15) is 40.0 Å². The van der Waals surface area contributed by atoms with Gasteiger partial charge in [0.1, 0.15) is 6.10 Å². The van der Waals surface area contributed by atoms with E-state index in [1.807, 2.05) is 0 Å². The van der Waals surface area contributed by atoms with Gasteiger partial charge in [0.15, 0.2) is 0 Å². The van der Waals surface area contributed by atoms with Gasteiger partial charge in [0, 0.05) is 50.5 Å². The Morgan fingerprint density at radius 1 is 1.34 bits per heavy atom. The van der Waals surface area contributed by atoms with Crippen LogP contribution >= 0.6 is 0 Å². The molecule has 0 spiro atoms. The van der Waals surface area contributed by atoms with E-state index in [0.29, 0.717) is 45.2 Å². The molecule has 29 heavy (non-hydrogen) atoms. The van der Waals surface area contributed by atoms with Crippen molar-refractivity contribution in [3.05, 3.63) is 11.6 Å². The van der Waals surface area contributed by atoms with E-state index in [2.05, 4.69) is 24.8 Å². The van der Waals surface area contributed by atoms with Gasteiger partial charge in [-0.05, 0) is 25.7 Å². The van der Waals surface area contributed by atoms with Crippen LogP contribution in [0.4, 0.5) is 4.79 Å². The van der Waals surface area contributed by atoms with Crippen LogP contribution in [0.25, 0.3) is 0 Å². The molecular formula is C22H34N2O5. The third-order valence-electron chi connectivity index (χ3n) is 7.92. The normalized spacial score (nSPS) is 40.0. The van der Waals surface area contributed by atoms with E-state index in [0.717, 1.165) is 19.3 Å². The van der Waals surface area contributed by atoms with Crippen molar-refractivity contribution in [3.8, 4) is 0 Å². The second kappa shape index (κ2) is 7.91. The van der Waals surface area contributed by atoms with Crippen LogP contribution in [0.5, 0.6) is 0 Å². The molecule has 0 bridgehead atoms. The van der Waals surface area contributed by atoms with Gasteiger partial charge in [-0.15, -0.1) is 0 Å². The maximum absolute atomic E-state index is 12.7. The Labute approximate surface area is 173 Å². The molecule has 0 radical (unpaired) electrons. The zero-order valence-corrected chi connectivity index (χ0v) is 17.8. The van der Waals surface area contributed by atoms with Crippen LogP contribution in [0.3, 0.4) is 0 Å². The average molecular weight is 407 g/mol. The van der Waals surface area contributed by atoms with Crippen molar-refractivity contribution in [1.29, 1.82) is 0 Å². The summed E-state index contributed by atoms with van der Waals surface area (Å²) in [6.45, 7) is 9.75. The van der Waals surface area contributed by atoms with Crippen LogP contribution in [0.15, 0.2) is 11.6 Å². The van der Waals surface area contributed by atoms with Crippen molar-refractivity contribution in [3.63, 3.8) is 0 Å². The second-order valence-corrected chi connectivity index (χ2v) is 9.29. The smallest absolute Gasteiger partial charge is 0.409 e. The molecule has 0 aromatic rings. The fraction of sp³-hybridized carbons (Fsp3) is 0.818. The maximum Gasteiger partial charge on any atom is 0.409 e. The molecule has 1 saturated carbocycles. The predicted octanol–water partition coefficient (Wildman–Crippen LogP) is 2.05. The van der Waals surface area contributed by atoms with Crippen molar-refractivity contribution in [2.24, 2.45) is 23.2 Å². The maximum atomic E-state index is 12.7. The minimum Gasteiger partial charge on any atom is -0.461 e. The zero-order chi connectivity index (χ0) is 20.8. The fourth-order valence-electron chi connectivity index (χ4n) is 5.88. The number of aliphatic hydroxyl groups is 1. The number of carbonyl (C=O) groups is 2. The lowest BCUT2D eigenvalue weighted by molar-refractivity contribution is -0.145. The molecule has 4 rings (SSSR count). The van der Waals surface area contributed by atoms with Gasteiger partial charge in [-0.25, -0.2) is 4.79 Å². The topological polar surface area (TPSA) is 79.3 Å². The Morgan fingerprint density at radius 2 is 2.07 bits per heavy atom. The summed E-state index contributed by atoms with van der Waals surface area (Å²) in [6.07, 6.45) is 4.07. The van der Waals surface area contributed by atoms with E-state index < -0.39 is 6.10 Å². The molecule has 2 aliphatic heterocycles. The predicted molar refractivity (Wildman–Crippen MR) is 107 cm³/mol. The Kier molecular flexibility index (Phi) is 5.64. The monoisotopic (exact) mass is 406 g/mol. The Morgan fingerprint density at radius 3 is 2.76 bits per heavy atom. The van der Waals surface area contributed by atoms with E-state index in [4.69, 9.17) is 9.47 Å². The molecule has 2 heterocycles. The van der Waals surface area contributed by atoms with E-state index in [1.54, 1.807) is 11.8 Å². The summed E-state index contributed by atoms with van der Waals surface area (Å²) in [5, 5.41) is 11.4. The molecule has 3 fully saturated rings. The molecule has 162 valence electrons. The van der Waals surface area contributed by atoms with Gasteiger partial charge in [0.25, 0.3) is 0 Å². The van der Waals surface area contributed by atoms with Crippen molar-refractivity contribution in [2.75, 3.05) is 39.3 Å². The lowest BCUT2D eigenvalue weighted by Gasteiger charge is -2.52. The molecule has 0 aromatic carbocycles. The summed E-state index contributed by atoms with van der Waals surface area (Å²) in [5.74, 6) is -0.254. The van der Waals surface area contributed by atoms with Crippen LogP contribution in [-0.2, 0) is 14.3 Å². The number of piperazine rings is 1. The van der Waals surface area contributed by atoms with Crippen LogP contribution in [-0.4, -0.2) is 78.5 Å². The SMILES string of the molecule is CCOC(=O)N1CCN(C[C@@H]2C(=O)O[C@H]3CC4=CCC[C@H](C)[C@]4(C)[C@@H](O)[C@@H]32)CC1. The zero-order valence-electron chi connectivity index (χ0n) is 17.8. The quantitative estimate of drug-likeness (QED) is 0.571. The first-order chi connectivity index (χ1) is 13.9. The molecule has 0 unspecified atom stereocenters. The number of nitrogens with zero attached hydrogens (tertiary/aromatic N) is 2. The molecule has 1 amide bonds. The van der Waals surface area contributed by atoms with Gasteiger partial charge >= 0.3 is 12.1 Å². The van der Waals surface area contributed by atoms with Crippen LogP contribution < -0.4 is 0 Å². The van der Waals surface area contributed by atoms with Crippen molar-refractivity contribution in [1.82, 2.24) is 9.80 Å². The number of carbonyl (C=O) groups excluding carboxylic acids is 2. The van der Waals surface area contributed by atoms with Crippen LogP contribution in [0, 0.1) is 23.2 Å². The Balaban J connectivity index is 1.44. The van der Waals surface area contributed by atoms with Gasteiger partial charge in [0.2, 0.25) is 0 Å². The third kappa shape index (κ3) is 3.46. The number of allylic oxidation sites excluding steroid dienone is 1. The number of hydrogen-bond acceptors (Lipinski definition) is 6. The molecule has 1 N–H and O–H groups in total. The minimum atomic E-state index is -0.569. The number of ether oxygens (including phenoxy) is 2. The van der Waals surface area contributed by atoms with E-state index >= 15 is 0 Å². The molecule has 6 atom stereocenters. The second-order valence-electron chi connectivity index (χ2n) is 9.29. The van der Waals surface area contributed by atoms with Crippen molar-refractivity contribution < 1.29 is 24.2 Å². The van der Waals surface area contributed by atoms with Gasteiger partial charge < -0.3 is 19.5 Å². The Bertz CT molecular complexity index is 687. The van der Waals surface area contributed by atoms with Gasteiger partial charge in [-0.1, -0.05) is 25.5 Å². The molecular weight excluding hydrogens is 372 g/mol. The largest absolute Gasteiger partial charge is 0.461 e. The number of amides is 1. The summed E-state index contributed by atoms with van der Waals surface area (Å²) in [5.41, 5.74) is 0.996. The number of fused-ring (bicyclic) bond motifs is 2. The first-order valence-corrected chi connectivity index (χ1v) is 11.1. The highest BCUT2D eigenvalue weighted by atomic mass is 16.6. The number of aliphatic hydroxyl groups excluding tert-OH is 1. The van der Waals surface area contributed by atoms with E-state index in [1.165, 1.54) is 5.57 Å². The summed E-state index contributed by atoms with van der Waals surface area (Å²) in [4.78, 5) is 28.6. The molecule has 0 aromatic heterocycles. The highest BCUT2D eigenvalue weighted by Gasteiger charge is 2.59. The summed E-state index contributed by atoms with van der Waals surface area (Å²) < 4.78 is 10.8. The molecule has 2 saturated heterocycles. The summed E-state index contributed by atoms with van der Waals surface area (Å²) in [7, 11) is 0. The van der Waals surface area contributed by atoms with Gasteiger partial charge in [-0.2, -0.15) is 0 Å². The van der Waals surface area contributed by atoms with Crippen LogP contribution in [0.2, 0.25) is 0 Å². The molecule has 4 aliphatic rings. The highest BCUT2D eigenvalue weighted by molar-refractivity contribution is 5.76. The number of esters is 1. The van der Waals surface area contributed by atoms with Gasteiger partial charge in [0.05, 0.1) is 18.6 Å². The van der Waals surface area contributed by atoms with Gasteiger partial charge in [-0.3, -0.25) is 9.69 Å². The van der Waals surface area contributed by atoms with Crippen molar-refractivity contribution >= 4 is 12.1 Å². The lowest BCUT2D eigenvalue weighted by atomic mass is 9.55. The first kappa shape index (κ1) is 20.7. The minimum absolute atomic E-state index is 0.159. The molecule has 7 nitrogen and oxygen atoms in total.